The van der Waals surface area contributed by atoms with E-state index in [1.165, 1.54) is 0 Å². The second-order valence-corrected chi connectivity index (χ2v) is 6.64. The molecule has 6 heteroatoms. The largest absolute Gasteiger partial charge is 0.339 e. The number of benzene rings is 2. The van der Waals surface area contributed by atoms with Gasteiger partial charge in [0.1, 0.15) is 17.2 Å². The molecule has 0 radical (unpaired) electrons. The van der Waals surface area contributed by atoms with Gasteiger partial charge < -0.3 is 5.32 Å². The zero-order valence-electron chi connectivity index (χ0n) is 12.9. The van der Waals surface area contributed by atoms with Gasteiger partial charge in [-0.15, -0.1) is 0 Å². The fourth-order valence-corrected chi connectivity index (χ4v) is 3.40. The number of nitrogens with zero attached hydrogens (tertiary/aromatic N) is 2. The highest BCUT2D eigenvalue weighted by atomic mass is 35.5. The molecule has 3 nitrogen and oxygen atoms in total. The van der Waals surface area contributed by atoms with E-state index < -0.39 is 0 Å². The van der Waals surface area contributed by atoms with E-state index in [9.17, 15) is 0 Å². The molecule has 0 unspecified atom stereocenters. The van der Waals surface area contributed by atoms with Gasteiger partial charge in [-0.05, 0) is 36.4 Å². The molecule has 0 atom stereocenters. The molecule has 0 aliphatic heterocycles. The number of hydrogen-bond acceptors (Lipinski definition) is 2. The lowest BCUT2D eigenvalue weighted by atomic mass is 10.1. The highest BCUT2D eigenvalue weighted by Crippen LogP contribution is 2.42. The van der Waals surface area contributed by atoms with Crippen LogP contribution in [-0.2, 0) is 0 Å². The van der Waals surface area contributed by atoms with E-state index in [0.29, 0.717) is 26.3 Å². The number of halogens is 3. The van der Waals surface area contributed by atoms with E-state index in [1.807, 2.05) is 59.1 Å². The summed E-state index contributed by atoms with van der Waals surface area (Å²) in [4.78, 5) is 4.71. The Kier molecular flexibility index (Phi) is 4.30. The van der Waals surface area contributed by atoms with Crippen LogP contribution < -0.4 is 5.32 Å². The number of anilines is 2. The molecule has 124 valence electrons. The van der Waals surface area contributed by atoms with Gasteiger partial charge in [0, 0.05) is 17.4 Å². The van der Waals surface area contributed by atoms with Crippen LogP contribution in [0.1, 0.15) is 0 Å². The lowest BCUT2D eigenvalue weighted by Crippen LogP contribution is -1.97. The van der Waals surface area contributed by atoms with Gasteiger partial charge in [-0.3, -0.25) is 4.40 Å². The van der Waals surface area contributed by atoms with Crippen molar-refractivity contribution in [3.8, 4) is 11.3 Å². The Morgan fingerprint density at radius 1 is 0.800 bits per heavy atom. The van der Waals surface area contributed by atoms with Crippen LogP contribution in [0.15, 0.2) is 66.9 Å². The summed E-state index contributed by atoms with van der Waals surface area (Å²) in [5, 5.41) is 4.72. The van der Waals surface area contributed by atoms with E-state index in [2.05, 4.69) is 5.32 Å². The molecule has 0 saturated carbocycles. The molecule has 0 saturated heterocycles. The molecule has 0 spiro atoms. The normalized spacial score (nSPS) is 11.0. The number of para-hydroxylation sites is 1. The summed E-state index contributed by atoms with van der Waals surface area (Å²) in [5.41, 5.74) is 2.97. The van der Waals surface area contributed by atoms with Crippen LogP contribution >= 0.6 is 34.8 Å². The molecule has 0 fully saturated rings. The number of aromatic nitrogens is 2. The molecule has 2 aromatic carbocycles. The van der Waals surface area contributed by atoms with Crippen molar-refractivity contribution in [1.29, 1.82) is 0 Å². The minimum atomic E-state index is 0.383. The highest BCUT2D eigenvalue weighted by molar-refractivity contribution is 6.46. The summed E-state index contributed by atoms with van der Waals surface area (Å²) in [7, 11) is 0. The highest BCUT2D eigenvalue weighted by Gasteiger charge is 2.20. The van der Waals surface area contributed by atoms with E-state index in [0.717, 1.165) is 17.2 Å². The predicted octanol–water partition coefficient (Wildman–Crippen LogP) is 6.71. The first-order valence-electron chi connectivity index (χ1n) is 7.58. The van der Waals surface area contributed by atoms with Crippen molar-refractivity contribution in [3.05, 3.63) is 81.9 Å². The summed E-state index contributed by atoms with van der Waals surface area (Å²) in [6.07, 6.45) is 1.93. The maximum Gasteiger partial charge on any atom is 0.143 e. The third-order valence-electron chi connectivity index (χ3n) is 3.85. The average molecular weight is 389 g/mol. The summed E-state index contributed by atoms with van der Waals surface area (Å²) in [6, 6.07) is 19.0. The predicted molar refractivity (Wildman–Crippen MR) is 105 cm³/mol. The first kappa shape index (κ1) is 16.3. The molecule has 1 N–H and O–H groups in total. The number of hydrogen-bond donors (Lipinski definition) is 1. The molecular formula is C19H12Cl3N3. The molecule has 2 heterocycles. The molecule has 0 bridgehead atoms. The van der Waals surface area contributed by atoms with Crippen molar-refractivity contribution >= 4 is 52.0 Å². The SMILES string of the molecule is Clc1ccc(Cl)c(-c2nc3ccccn3c2Nc2ccccc2)c1Cl. The van der Waals surface area contributed by atoms with Gasteiger partial charge in [-0.25, -0.2) is 4.98 Å². The smallest absolute Gasteiger partial charge is 0.143 e. The maximum atomic E-state index is 6.44. The van der Waals surface area contributed by atoms with Crippen molar-refractivity contribution in [1.82, 2.24) is 9.38 Å². The summed E-state index contributed by atoms with van der Waals surface area (Å²) in [5.74, 6) is 0.771. The van der Waals surface area contributed by atoms with Gasteiger partial charge in [0.2, 0.25) is 0 Å². The van der Waals surface area contributed by atoms with E-state index in [1.54, 1.807) is 12.1 Å². The Morgan fingerprint density at radius 2 is 1.52 bits per heavy atom. The third kappa shape index (κ3) is 2.95. The number of pyridine rings is 1. The summed E-state index contributed by atoms with van der Waals surface area (Å²) >= 11 is 19.1. The molecule has 25 heavy (non-hydrogen) atoms. The van der Waals surface area contributed by atoms with Crippen LogP contribution in [0, 0.1) is 0 Å². The fourth-order valence-electron chi connectivity index (χ4n) is 2.69. The molecular weight excluding hydrogens is 377 g/mol. The lowest BCUT2D eigenvalue weighted by molar-refractivity contribution is 1.18. The first-order valence-corrected chi connectivity index (χ1v) is 8.71. The van der Waals surface area contributed by atoms with Crippen molar-refractivity contribution < 1.29 is 0 Å². The van der Waals surface area contributed by atoms with Crippen LogP contribution in [0.3, 0.4) is 0 Å². The quantitative estimate of drug-likeness (QED) is 0.395. The zero-order valence-corrected chi connectivity index (χ0v) is 15.1. The lowest BCUT2D eigenvalue weighted by Gasteiger charge is -2.11. The second kappa shape index (κ2) is 6.60. The van der Waals surface area contributed by atoms with Gasteiger partial charge in [0.05, 0.1) is 15.1 Å². The van der Waals surface area contributed by atoms with Crippen LogP contribution in [0.5, 0.6) is 0 Å². The molecule has 2 aromatic heterocycles. The summed E-state index contributed by atoms with van der Waals surface area (Å²) < 4.78 is 1.95. The molecule has 4 aromatic rings. The topological polar surface area (TPSA) is 29.3 Å². The van der Waals surface area contributed by atoms with Crippen molar-refractivity contribution in [2.75, 3.05) is 5.32 Å². The number of fused-ring (bicyclic) bond motifs is 1. The Balaban J connectivity index is 1.99. The minimum absolute atomic E-state index is 0.383. The Morgan fingerprint density at radius 3 is 2.32 bits per heavy atom. The van der Waals surface area contributed by atoms with Crippen molar-refractivity contribution in [2.24, 2.45) is 0 Å². The monoisotopic (exact) mass is 387 g/mol. The minimum Gasteiger partial charge on any atom is -0.339 e. The van der Waals surface area contributed by atoms with E-state index >= 15 is 0 Å². The first-order chi connectivity index (χ1) is 12.1. The zero-order chi connectivity index (χ0) is 17.4. The number of imidazole rings is 1. The standard InChI is InChI=1S/C19H12Cl3N3/c20-13-9-10-14(21)17(22)16(13)18-19(23-12-6-2-1-3-7-12)25-11-5-4-8-15(25)24-18/h1-11,23H. The number of rotatable bonds is 3. The summed E-state index contributed by atoms with van der Waals surface area (Å²) in [6.45, 7) is 0. The average Bonchev–Trinajstić information content (AvgIpc) is 2.98. The Hall–Kier alpha value is -2.20. The fraction of sp³-hybridized carbons (Fsp3) is 0. The van der Waals surface area contributed by atoms with Crippen LogP contribution in [0.4, 0.5) is 11.5 Å². The molecule has 4 rings (SSSR count). The third-order valence-corrected chi connectivity index (χ3v) is 4.97. The van der Waals surface area contributed by atoms with E-state index in [-0.39, 0.29) is 0 Å². The van der Waals surface area contributed by atoms with Crippen LogP contribution in [-0.4, -0.2) is 9.38 Å². The maximum absolute atomic E-state index is 6.44. The van der Waals surface area contributed by atoms with Crippen molar-refractivity contribution in [3.63, 3.8) is 0 Å². The van der Waals surface area contributed by atoms with E-state index in [4.69, 9.17) is 39.8 Å². The van der Waals surface area contributed by atoms with Crippen molar-refractivity contribution in [2.45, 2.75) is 0 Å². The van der Waals surface area contributed by atoms with Gasteiger partial charge in [-0.1, -0.05) is 59.1 Å². The second-order valence-electron chi connectivity index (χ2n) is 5.45. The van der Waals surface area contributed by atoms with Gasteiger partial charge in [-0.2, -0.15) is 0 Å². The van der Waals surface area contributed by atoms with Crippen LogP contribution in [0.25, 0.3) is 16.9 Å². The number of nitrogens with one attached hydrogen (secondary N) is 1. The van der Waals surface area contributed by atoms with Gasteiger partial charge >= 0.3 is 0 Å². The molecule has 0 aliphatic rings. The van der Waals surface area contributed by atoms with Crippen LogP contribution in [0.2, 0.25) is 15.1 Å². The Bertz CT molecular complexity index is 1060. The van der Waals surface area contributed by atoms with Gasteiger partial charge in [0.25, 0.3) is 0 Å². The molecule has 0 aliphatic carbocycles. The van der Waals surface area contributed by atoms with Gasteiger partial charge in [0.15, 0.2) is 0 Å². The Labute approximate surface area is 159 Å². The molecule has 0 amide bonds.